The Morgan fingerprint density at radius 2 is 1.77 bits per heavy atom. The normalized spacial score (nSPS) is 12.4. The summed E-state index contributed by atoms with van der Waals surface area (Å²) in [4.78, 5) is 24.6. The van der Waals surface area contributed by atoms with Gasteiger partial charge in [-0.1, -0.05) is 54.1 Å². The van der Waals surface area contributed by atoms with Crippen molar-refractivity contribution in [3.05, 3.63) is 70.7 Å². The number of alkyl carbamates (subject to hydrolysis) is 1. The minimum atomic E-state index is -0.981. The molecular weight excluding hydrogens is 406 g/mol. The fourth-order valence-electron chi connectivity index (χ4n) is 2.30. The maximum atomic E-state index is 12.5. The molecule has 2 aromatic carbocycles. The van der Waals surface area contributed by atoms with Gasteiger partial charge in [-0.2, -0.15) is 5.10 Å². The van der Waals surface area contributed by atoms with Gasteiger partial charge in [-0.25, -0.2) is 10.2 Å². The highest BCUT2D eigenvalue weighted by Crippen LogP contribution is 2.08. The first-order chi connectivity index (χ1) is 14.2. The summed E-state index contributed by atoms with van der Waals surface area (Å²) in [6.07, 6.45) is 0.761. The molecule has 0 fully saturated rings. The zero-order valence-corrected chi connectivity index (χ0v) is 18.0. The van der Waals surface area contributed by atoms with Crippen LogP contribution in [0.25, 0.3) is 0 Å². The molecule has 0 spiro atoms. The minimum absolute atomic E-state index is 0.0452. The van der Waals surface area contributed by atoms with Crippen LogP contribution in [0.1, 0.15) is 31.9 Å². The molecule has 0 aliphatic carbocycles. The van der Waals surface area contributed by atoms with Crippen molar-refractivity contribution in [3.8, 4) is 0 Å². The van der Waals surface area contributed by atoms with Gasteiger partial charge in [-0.05, 0) is 44.0 Å². The number of halogens is 1. The largest absolute Gasteiger partial charge is 0.444 e. The Bertz CT molecular complexity index is 849. The fraction of sp³-hybridized carbons (Fsp3) is 0.318. The van der Waals surface area contributed by atoms with E-state index >= 15 is 0 Å². The number of rotatable bonds is 8. The van der Waals surface area contributed by atoms with Crippen molar-refractivity contribution in [1.82, 2.24) is 10.7 Å². The topological polar surface area (TPSA) is 89.0 Å². The SMILES string of the molecule is CC(C)(C)OC(=O)NC(COCc1ccccc1)C(=O)NN=Cc1ccc(Cl)cc1. The summed E-state index contributed by atoms with van der Waals surface area (Å²) < 4.78 is 10.8. The average molecular weight is 432 g/mol. The van der Waals surface area contributed by atoms with Crippen LogP contribution in [0.15, 0.2) is 59.7 Å². The van der Waals surface area contributed by atoms with Gasteiger partial charge in [0.2, 0.25) is 0 Å². The predicted molar refractivity (Wildman–Crippen MR) is 116 cm³/mol. The highest BCUT2D eigenvalue weighted by atomic mass is 35.5. The maximum Gasteiger partial charge on any atom is 0.408 e. The number of hydrogen-bond acceptors (Lipinski definition) is 5. The van der Waals surface area contributed by atoms with Crippen LogP contribution in [0.5, 0.6) is 0 Å². The van der Waals surface area contributed by atoms with E-state index in [1.54, 1.807) is 45.0 Å². The van der Waals surface area contributed by atoms with Crippen LogP contribution >= 0.6 is 11.6 Å². The number of ether oxygens (including phenoxy) is 2. The van der Waals surface area contributed by atoms with Gasteiger partial charge in [0.15, 0.2) is 0 Å². The van der Waals surface area contributed by atoms with Crippen LogP contribution in [0, 0.1) is 0 Å². The lowest BCUT2D eigenvalue weighted by Gasteiger charge is -2.22. The Morgan fingerprint density at radius 3 is 2.40 bits per heavy atom. The molecule has 160 valence electrons. The number of nitrogens with one attached hydrogen (secondary N) is 2. The standard InChI is InChI=1S/C22H26ClN3O4/c1-22(2,3)30-21(28)25-19(15-29-14-17-7-5-4-6-8-17)20(27)26-24-13-16-9-11-18(23)12-10-16/h4-13,19H,14-15H2,1-3H3,(H,25,28)(H,26,27). The Labute approximate surface area is 181 Å². The number of carbonyl (C=O) groups excluding carboxylic acids is 2. The maximum absolute atomic E-state index is 12.5. The molecule has 0 heterocycles. The van der Waals surface area contributed by atoms with Crippen LogP contribution < -0.4 is 10.7 Å². The molecular formula is C22H26ClN3O4. The molecule has 0 radical (unpaired) electrons. The van der Waals surface area contributed by atoms with Crippen molar-refractivity contribution in [2.24, 2.45) is 5.10 Å². The summed E-state index contributed by atoms with van der Waals surface area (Å²) in [5.74, 6) is -0.529. The van der Waals surface area contributed by atoms with Crippen LogP contribution in [-0.2, 0) is 20.9 Å². The van der Waals surface area contributed by atoms with Crippen molar-refractivity contribution in [2.75, 3.05) is 6.61 Å². The zero-order chi connectivity index (χ0) is 22.0. The summed E-state index contributed by atoms with van der Waals surface area (Å²) in [5.41, 5.74) is 3.43. The van der Waals surface area contributed by atoms with Crippen molar-refractivity contribution < 1.29 is 19.1 Å². The second-order valence-corrected chi connectivity index (χ2v) is 7.92. The molecule has 2 aromatic rings. The van der Waals surface area contributed by atoms with Crippen molar-refractivity contribution in [3.63, 3.8) is 0 Å². The number of nitrogens with zero attached hydrogens (tertiary/aromatic N) is 1. The summed E-state index contributed by atoms with van der Waals surface area (Å²) in [6, 6.07) is 15.5. The van der Waals surface area contributed by atoms with E-state index in [-0.39, 0.29) is 6.61 Å². The molecule has 0 aliphatic rings. The Kier molecular flexibility index (Phi) is 8.83. The first kappa shape index (κ1) is 23.4. The third-order valence-electron chi connectivity index (χ3n) is 3.66. The molecule has 2 N–H and O–H groups in total. The highest BCUT2D eigenvalue weighted by Gasteiger charge is 2.24. The molecule has 1 atom stereocenters. The lowest BCUT2D eigenvalue weighted by molar-refractivity contribution is -0.124. The van der Waals surface area contributed by atoms with E-state index in [9.17, 15) is 9.59 Å². The Hall–Kier alpha value is -2.90. The van der Waals surface area contributed by atoms with E-state index in [1.807, 2.05) is 30.3 Å². The van der Waals surface area contributed by atoms with E-state index in [2.05, 4.69) is 15.8 Å². The lowest BCUT2D eigenvalue weighted by Crippen LogP contribution is -2.49. The van der Waals surface area contributed by atoms with Gasteiger partial charge in [0.05, 0.1) is 19.4 Å². The van der Waals surface area contributed by atoms with E-state index in [0.717, 1.165) is 11.1 Å². The molecule has 2 rings (SSSR count). The summed E-state index contributed by atoms with van der Waals surface area (Å²) in [7, 11) is 0. The number of benzene rings is 2. The summed E-state index contributed by atoms with van der Waals surface area (Å²) in [5, 5.41) is 7.06. The minimum Gasteiger partial charge on any atom is -0.444 e. The molecule has 0 saturated carbocycles. The van der Waals surface area contributed by atoms with Gasteiger partial charge in [-0.3, -0.25) is 4.79 Å². The van der Waals surface area contributed by atoms with E-state index in [1.165, 1.54) is 6.21 Å². The molecule has 0 bridgehead atoms. The molecule has 0 aromatic heterocycles. The van der Waals surface area contributed by atoms with E-state index in [4.69, 9.17) is 21.1 Å². The molecule has 8 heteroatoms. The third-order valence-corrected chi connectivity index (χ3v) is 3.91. The predicted octanol–water partition coefficient (Wildman–Crippen LogP) is 3.90. The van der Waals surface area contributed by atoms with Crippen molar-refractivity contribution >= 4 is 29.8 Å². The van der Waals surface area contributed by atoms with Crippen LogP contribution in [0.3, 0.4) is 0 Å². The Morgan fingerprint density at radius 1 is 1.10 bits per heavy atom. The van der Waals surface area contributed by atoms with Crippen LogP contribution in [-0.4, -0.2) is 36.5 Å². The van der Waals surface area contributed by atoms with Gasteiger partial charge in [0.25, 0.3) is 5.91 Å². The van der Waals surface area contributed by atoms with Gasteiger partial charge in [0, 0.05) is 5.02 Å². The molecule has 30 heavy (non-hydrogen) atoms. The molecule has 0 saturated heterocycles. The fourth-order valence-corrected chi connectivity index (χ4v) is 2.42. The van der Waals surface area contributed by atoms with E-state index in [0.29, 0.717) is 11.6 Å². The third kappa shape index (κ3) is 9.07. The quantitative estimate of drug-likeness (QED) is 0.490. The zero-order valence-electron chi connectivity index (χ0n) is 17.2. The average Bonchev–Trinajstić information content (AvgIpc) is 2.68. The van der Waals surface area contributed by atoms with Crippen LogP contribution in [0.2, 0.25) is 5.02 Å². The first-order valence-electron chi connectivity index (χ1n) is 9.42. The van der Waals surface area contributed by atoms with Gasteiger partial charge in [0.1, 0.15) is 11.6 Å². The van der Waals surface area contributed by atoms with Crippen molar-refractivity contribution in [2.45, 2.75) is 39.0 Å². The van der Waals surface area contributed by atoms with E-state index < -0.39 is 23.6 Å². The lowest BCUT2D eigenvalue weighted by atomic mass is 10.2. The highest BCUT2D eigenvalue weighted by molar-refractivity contribution is 6.30. The van der Waals surface area contributed by atoms with Gasteiger partial charge in [-0.15, -0.1) is 0 Å². The molecule has 0 aliphatic heterocycles. The first-order valence-corrected chi connectivity index (χ1v) is 9.80. The molecule has 1 unspecified atom stereocenters. The smallest absolute Gasteiger partial charge is 0.408 e. The number of hydrazone groups is 1. The van der Waals surface area contributed by atoms with Gasteiger partial charge < -0.3 is 14.8 Å². The van der Waals surface area contributed by atoms with Crippen LogP contribution in [0.4, 0.5) is 4.79 Å². The summed E-state index contributed by atoms with van der Waals surface area (Å²) >= 11 is 5.84. The number of amides is 2. The number of hydrogen-bond donors (Lipinski definition) is 2. The molecule has 2 amide bonds. The molecule has 7 nitrogen and oxygen atoms in total. The summed E-state index contributed by atoms with van der Waals surface area (Å²) in [6.45, 7) is 5.48. The monoisotopic (exact) mass is 431 g/mol. The van der Waals surface area contributed by atoms with Crippen molar-refractivity contribution in [1.29, 1.82) is 0 Å². The van der Waals surface area contributed by atoms with Gasteiger partial charge >= 0.3 is 6.09 Å². The second-order valence-electron chi connectivity index (χ2n) is 7.49. The number of carbonyl (C=O) groups is 2. The second kappa shape index (κ2) is 11.3. The Balaban J connectivity index is 1.96.